The molecule has 5 nitrogen and oxygen atoms in total. The smallest absolute Gasteiger partial charge is 0.251 e. The van der Waals surface area contributed by atoms with Gasteiger partial charge in [0.1, 0.15) is 11.5 Å². The van der Waals surface area contributed by atoms with Crippen LogP contribution in [0.15, 0.2) is 65.1 Å². The highest BCUT2D eigenvalue weighted by molar-refractivity contribution is 7.89. The molecule has 1 amide bonds. The van der Waals surface area contributed by atoms with Gasteiger partial charge in [0.15, 0.2) is 9.84 Å². The Hall–Kier alpha value is -2.57. The normalized spacial score (nSPS) is 11.3. The number of rotatable bonds is 6. The molecule has 0 aliphatic heterocycles. The van der Waals surface area contributed by atoms with Crippen molar-refractivity contribution in [2.24, 2.45) is 0 Å². The maximum Gasteiger partial charge on any atom is 0.251 e. The van der Waals surface area contributed by atoms with Crippen molar-refractivity contribution in [3.63, 3.8) is 0 Å². The summed E-state index contributed by atoms with van der Waals surface area (Å²) in [6.07, 6.45) is 1.18. The standard InChI is InChI=1S/C20H18ClNO4S/c1-27(24,25)13-14-2-4-16(5-3-14)20(23)22-12-18-10-11-19(26-18)15-6-8-17(21)9-7-15/h2-11H,12-13H2,1H3,(H,22,23). The van der Waals surface area contributed by atoms with Crippen LogP contribution in [0.25, 0.3) is 11.3 Å². The van der Waals surface area contributed by atoms with Crippen molar-refractivity contribution < 1.29 is 17.6 Å². The SMILES string of the molecule is CS(=O)(=O)Cc1ccc(C(=O)NCc2ccc(-c3ccc(Cl)cc3)o2)cc1. The highest BCUT2D eigenvalue weighted by Gasteiger charge is 2.10. The number of nitrogens with one attached hydrogen (secondary N) is 1. The number of amides is 1. The molecule has 1 N–H and O–H groups in total. The fourth-order valence-corrected chi connectivity index (χ4v) is 3.49. The maximum atomic E-state index is 12.2. The summed E-state index contributed by atoms with van der Waals surface area (Å²) < 4.78 is 28.4. The van der Waals surface area contributed by atoms with Crippen molar-refractivity contribution in [3.05, 3.63) is 82.6 Å². The van der Waals surface area contributed by atoms with E-state index in [0.29, 0.717) is 27.7 Å². The molecule has 140 valence electrons. The lowest BCUT2D eigenvalue weighted by Gasteiger charge is -2.05. The van der Waals surface area contributed by atoms with E-state index in [4.69, 9.17) is 16.0 Å². The van der Waals surface area contributed by atoms with Crippen molar-refractivity contribution in [3.8, 4) is 11.3 Å². The molecule has 1 heterocycles. The van der Waals surface area contributed by atoms with Gasteiger partial charge in [-0.1, -0.05) is 23.7 Å². The first-order valence-corrected chi connectivity index (χ1v) is 10.6. The molecule has 0 aliphatic carbocycles. The van der Waals surface area contributed by atoms with E-state index in [-0.39, 0.29) is 18.2 Å². The lowest BCUT2D eigenvalue weighted by molar-refractivity contribution is 0.0948. The molecule has 3 aromatic rings. The third-order valence-electron chi connectivity index (χ3n) is 3.86. The van der Waals surface area contributed by atoms with Gasteiger partial charge < -0.3 is 9.73 Å². The molecule has 0 fully saturated rings. The summed E-state index contributed by atoms with van der Waals surface area (Å²) in [5.41, 5.74) is 2.00. The number of sulfone groups is 1. The summed E-state index contributed by atoms with van der Waals surface area (Å²) in [7, 11) is -3.10. The van der Waals surface area contributed by atoms with Crippen LogP contribution in [0.3, 0.4) is 0 Å². The van der Waals surface area contributed by atoms with Crippen molar-refractivity contribution >= 4 is 27.3 Å². The van der Waals surface area contributed by atoms with Crippen molar-refractivity contribution in [1.29, 1.82) is 0 Å². The molecule has 0 bridgehead atoms. The van der Waals surface area contributed by atoms with Crippen LogP contribution in [-0.2, 0) is 22.1 Å². The molecule has 0 atom stereocenters. The van der Waals surface area contributed by atoms with Gasteiger partial charge in [-0.3, -0.25) is 4.79 Å². The fourth-order valence-electron chi connectivity index (χ4n) is 2.57. The molecule has 0 saturated carbocycles. The second-order valence-electron chi connectivity index (χ2n) is 6.22. The Morgan fingerprint density at radius 2 is 1.67 bits per heavy atom. The first-order valence-electron chi connectivity index (χ1n) is 8.20. The maximum absolute atomic E-state index is 12.2. The molecular weight excluding hydrogens is 386 g/mol. The lowest BCUT2D eigenvalue weighted by atomic mass is 10.1. The summed E-state index contributed by atoms with van der Waals surface area (Å²) in [5.74, 6) is 1.02. The van der Waals surface area contributed by atoms with E-state index in [1.165, 1.54) is 6.26 Å². The van der Waals surface area contributed by atoms with Crippen LogP contribution in [0.1, 0.15) is 21.7 Å². The molecule has 2 aromatic carbocycles. The second kappa shape index (κ2) is 7.98. The molecule has 1 aromatic heterocycles. The van der Waals surface area contributed by atoms with E-state index in [1.54, 1.807) is 42.5 Å². The van der Waals surface area contributed by atoms with Gasteiger partial charge in [-0.05, 0) is 54.1 Å². The third kappa shape index (κ3) is 5.45. The Bertz CT molecular complexity index is 1040. The fraction of sp³-hybridized carbons (Fsp3) is 0.150. The summed E-state index contributed by atoms with van der Waals surface area (Å²) >= 11 is 5.88. The Kier molecular flexibility index (Phi) is 5.68. The number of carbonyl (C=O) groups excluding carboxylic acids is 1. The minimum absolute atomic E-state index is 0.0469. The first kappa shape index (κ1) is 19.2. The Balaban J connectivity index is 1.60. The van der Waals surface area contributed by atoms with Crippen LogP contribution in [-0.4, -0.2) is 20.6 Å². The van der Waals surface area contributed by atoms with E-state index in [1.807, 2.05) is 18.2 Å². The van der Waals surface area contributed by atoms with E-state index < -0.39 is 9.84 Å². The van der Waals surface area contributed by atoms with Crippen LogP contribution in [0.5, 0.6) is 0 Å². The van der Waals surface area contributed by atoms with Crippen LogP contribution in [0, 0.1) is 0 Å². The Morgan fingerprint density at radius 1 is 1.00 bits per heavy atom. The van der Waals surface area contributed by atoms with Crippen LogP contribution >= 0.6 is 11.6 Å². The predicted octanol–water partition coefficient (Wildman–Crippen LogP) is 4.07. The molecule has 0 radical (unpaired) electrons. The lowest BCUT2D eigenvalue weighted by Crippen LogP contribution is -2.22. The molecule has 27 heavy (non-hydrogen) atoms. The average Bonchev–Trinajstić information content (AvgIpc) is 3.08. The van der Waals surface area contributed by atoms with E-state index in [9.17, 15) is 13.2 Å². The van der Waals surface area contributed by atoms with E-state index in [2.05, 4.69) is 5.32 Å². The minimum Gasteiger partial charge on any atom is -0.459 e. The summed E-state index contributed by atoms with van der Waals surface area (Å²) in [4.78, 5) is 12.2. The van der Waals surface area contributed by atoms with E-state index in [0.717, 1.165) is 5.56 Å². The van der Waals surface area contributed by atoms with Gasteiger partial charge in [0.25, 0.3) is 5.91 Å². The molecule has 7 heteroatoms. The van der Waals surface area contributed by atoms with Crippen molar-refractivity contribution in [2.75, 3.05) is 6.26 Å². The van der Waals surface area contributed by atoms with Crippen molar-refractivity contribution in [2.45, 2.75) is 12.3 Å². The van der Waals surface area contributed by atoms with Crippen LogP contribution < -0.4 is 5.32 Å². The molecule has 3 rings (SSSR count). The molecule has 0 unspecified atom stereocenters. The number of hydrogen-bond donors (Lipinski definition) is 1. The van der Waals surface area contributed by atoms with Crippen LogP contribution in [0.4, 0.5) is 0 Å². The molecule has 0 saturated heterocycles. The molecule has 0 aliphatic rings. The Labute approximate surface area is 162 Å². The Morgan fingerprint density at radius 3 is 2.30 bits per heavy atom. The molecule has 0 spiro atoms. The zero-order chi connectivity index (χ0) is 19.4. The van der Waals surface area contributed by atoms with Gasteiger partial charge in [0.05, 0.1) is 12.3 Å². The van der Waals surface area contributed by atoms with Gasteiger partial charge in [0.2, 0.25) is 0 Å². The zero-order valence-corrected chi connectivity index (χ0v) is 16.2. The summed E-state index contributed by atoms with van der Waals surface area (Å²) in [5, 5.41) is 3.44. The number of hydrogen-bond acceptors (Lipinski definition) is 4. The van der Waals surface area contributed by atoms with Gasteiger partial charge >= 0.3 is 0 Å². The van der Waals surface area contributed by atoms with Gasteiger partial charge in [-0.25, -0.2) is 8.42 Å². The summed E-state index contributed by atoms with van der Waals surface area (Å²) in [6, 6.07) is 17.4. The second-order valence-corrected chi connectivity index (χ2v) is 8.80. The van der Waals surface area contributed by atoms with Gasteiger partial charge in [-0.2, -0.15) is 0 Å². The topological polar surface area (TPSA) is 76.4 Å². The van der Waals surface area contributed by atoms with Gasteiger partial charge in [0, 0.05) is 22.4 Å². The quantitative estimate of drug-likeness (QED) is 0.672. The van der Waals surface area contributed by atoms with E-state index >= 15 is 0 Å². The predicted molar refractivity (Wildman–Crippen MR) is 105 cm³/mol. The third-order valence-corrected chi connectivity index (χ3v) is 4.97. The zero-order valence-electron chi connectivity index (χ0n) is 14.6. The number of furan rings is 1. The largest absolute Gasteiger partial charge is 0.459 e. The highest BCUT2D eigenvalue weighted by Crippen LogP contribution is 2.23. The van der Waals surface area contributed by atoms with Gasteiger partial charge in [-0.15, -0.1) is 0 Å². The van der Waals surface area contributed by atoms with Crippen LogP contribution in [0.2, 0.25) is 5.02 Å². The number of carbonyl (C=O) groups is 1. The minimum atomic E-state index is -3.10. The number of halogens is 1. The highest BCUT2D eigenvalue weighted by atomic mass is 35.5. The monoisotopic (exact) mass is 403 g/mol. The number of benzene rings is 2. The molecular formula is C20H18ClNO4S. The van der Waals surface area contributed by atoms with Crippen molar-refractivity contribution in [1.82, 2.24) is 5.32 Å². The first-order chi connectivity index (χ1) is 12.8. The summed E-state index contributed by atoms with van der Waals surface area (Å²) in [6.45, 7) is 0.248. The average molecular weight is 404 g/mol.